The summed E-state index contributed by atoms with van der Waals surface area (Å²) in [7, 11) is 0. The Kier molecular flexibility index (Phi) is 4.55. The fourth-order valence-electron chi connectivity index (χ4n) is 7.14. The molecule has 7 unspecified atom stereocenters. The van der Waals surface area contributed by atoms with Gasteiger partial charge in [-0.15, -0.1) is 6.58 Å². The van der Waals surface area contributed by atoms with Gasteiger partial charge in [0.15, 0.2) is 0 Å². The molecule has 3 fully saturated rings. The molecular weight excluding hydrogens is 328 g/mol. The van der Waals surface area contributed by atoms with Gasteiger partial charge < -0.3 is 4.74 Å². The van der Waals surface area contributed by atoms with E-state index in [1.165, 1.54) is 26.2 Å². The quantitative estimate of drug-likeness (QED) is 0.336. The van der Waals surface area contributed by atoms with Crippen molar-refractivity contribution in [3.8, 4) is 0 Å². The number of esters is 1. The van der Waals surface area contributed by atoms with Gasteiger partial charge in [0.1, 0.15) is 11.7 Å². The third kappa shape index (κ3) is 2.52. The van der Waals surface area contributed by atoms with Crippen LogP contribution >= 0.6 is 0 Å². The highest BCUT2D eigenvalue weighted by atomic mass is 17.1. The van der Waals surface area contributed by atoms with Crippen molar-refractivity contribution in [2.75, 3.05) is 0 Å². The number of fused-ring (bicyclic) bond motifs is 5. The molecule has 4 aliphatic carbocycles. The predicted octanol–water partition coefficient (Wildman–Crippen LogP) is 4.91. The number of allylic oxidation sites excluding steroid dienone is 2. The summed E-state index contributed by atoms with van der Waals surface area (Å²) in [6, 6.07) is 0. The lowest BCUT2D eigenvalue weighted by molar-refractivity contribution is -0.342. The van der Waals surface area contributed by atoms with Crippen molar-refractivity contribution in [1.82, 2.24) is 0 Å². The lowest BCUT2D eigenvalue weighted by Gasteiger charge is -2.57. The zero-order valence-electron chi connectivity index (χ0n) is 16.1. The van der Waals surface area contributed by atoms with Gasteiger partial charge in [-0.05, 0) is 79.6 Å². The normalized spacial score (nSPS) is 47.2. The van der Waals surface area contributed by atoms with Crippen LogP contribution in [-0.2, 0) is 14.4 Å². The molecule has 0 aliphatic heterocycles. The van der Waals surface area contributed by atoms with Gasteiger partial charge in [-0.2, -0.15) is 0 Å². The summed E-state index contributed by atoms with van der Waals surface area (Å²) < 4.78 is 5.45. The second-order valence-corrected chi connectivity index (χ2v) is 9.26. The Labute approximate surface area is 156 Å². The van der Waals surface area contributed by atoms with Crippen LogP contribution in [0.15, 0.2) is 24.3 Å². The maximum absolute atomic E-state index is 11.3. The van der Waals surface area contributed by atoms with Crippen molar-refractivity contribution in [3.63, 3.8) is 0 Å². The van der Waals surface area contributed by atoms with Gasteiger partial charge in [-0.3, -0.25) is 10.1 Å². The first-order chi connectivity index (χ1) is 12.4. The zero-order chi connectivity index (χ0) is 18.5. The van der Waals surface area contributed by atoms with Crippen LogP contribution in [-0.4, -0.2) is 22.9 Å². The summed E-state index contributed by atoms with van der Waals surface area (Å²) in [4.78, 5) is 16.6. The molecule has 1 N–H and O–H groups in total. The van der Waals surface area contributed by atoms with Gasteiger partial charge in [-0.25, -0.2) is 4.89 Å². The number of carbonyl (C=O) groups is 1. The van der Waals surface area contributed by atoms with Gasteiger partial charge in [-0.1, -0.05) is 19.1 Å². The first-order valence-corrected chi connectivity index (χ1v) is 10.3. The van der Waals surface area contributed by atoms with Crippen LogP contribution in [0.4, 0.5) is 0 Å². The van der Waals surface area contributed by atoms with Gasteiger partial charge in [0, 0.05) is 13.3 Å². The highest BCUT2D eigenvalue weighted by molar-refractivity contribution is 5.66. The fourth-order valence-corrected chi connectivity index (χ4v) is 7.14. The van der Waals surface area contributed by atoms with Gasteiger partial charge in [0.05, 0.1) is 0 Å². The van der Waals surface area contributed by atoms with E-state index in [4.69, 9.17) is 9.62 Å². The van der Waals surface area contributed by atoms with E-state index < -0.39 is 5.60 Å². The fraction of sp³-hybridized carbons (Fsp3) is 0.773. The van der Waals surface area contributed by atoms with Crippen molar-refractivity contribution in [2.45, 2.75) is 76.9 Å². The molecule has 4 heteroatoms. The SMILES string of the molecule is C=CC1CCC2C3CC=C4CC(OC(C)=O)CCC4(OO)C3CCC12C. The molecular formula is C22H32O4. The molecule has 0 aromatic heterocycles. The first-order valence-electron chi connectivity index (χ1n) is 10.3. The topological polar surface area (TPSA) is 55.8 Å². The number of rotatable bonds is 3. The van der Waals surface area contributed by atoms with Gasteiger partial charge in [0.2, 0.25) is 0 Å². The molecule has 0 saturated heterocycles. The summed E-state index contributed by atoms with van der Waals surface area (Å²) >= 11 is 0. The van der Waals surface area contributed by atoms with Crippen LogP contribution in [0, 0.1) is 29.1 Å². The summed E-state index contributed by atoms with van der Waals surface area (Å²) in [5.41, 5.74) is 0.938. The Morgan fingerprint density at radius 1 is 1.27 bits per heavy atom. The number of hydrogen-bond acceptors (Lipinski definition) is 4. The summed E-state index contributed by atoms with van der Waals surface area (Å²) in [6.45, 7) is 8.01. The monoisotopic (exact) mass is 360 g/mol. The Bertz CT molecular complexity index is 626. The Hall–Kier alpha value is -1.13. The molecule has 7 atom stereocenters. The van der Waals surface area contributed by atoms with Crippen molar-refractivity contribution >= 4 is 5.97 Å². The van der Waals surface area contributed by atoms with Crippen LogP contribution in [0.1, 0.15) is 65.2 Å². The van der Waals surface area contributed by atoms with E-state index in [0.29, 0.717) is 35.5 Å². The van der Waals surface area contributed by atoms with Crippen molar-refractivity contribution in [1.29, 1.82) is 0 Å². The average Bonchev–Trinajstić information content (AvgIpc) is 2.97. The van der Waals surface area contributed by atoms with Crippen LogP contribution in [0.2, 0.25) is 0 Å². The Morgan fingerprint density at radius 2 is 2.08 bits per heavy atom. The lowest BCUT2D eigenvalue weighted by Crippen LogP contribution is -2.56. The van der Waals surface area contributed by atoms with E-state index in [1.807, 2.05) is 0 Å². The summed E-state index contributed by atoms with van der Waals surface area (Å²) in [6.07, 6.45) is 12.4. The smallest absolute Gasteiger partial charge is 0.302 e. The van der Waals surface area contributed by atoms with E-state index in [1.54, 1.807) is 0 Å². The first kappa shape index (κ1) is 18.2. The van der Waals surface area contributed by atoms with Crippen LogP contribution in [0.3, 0.4) is 0 Å². The number of carbonyl (C=O) groups excluding carboxylic acids is 1. The molecule has 26 heavy (non-hydrogen) atoms. The maximum atomic E-state index is 11.3. The molecule has 3 saturated carbocycles. The van der Waals surface area contributed by atoms with Crippen molar-refractivity contribution in [3.05, 3.63) is 24.3 Å². The van der Waals surface area contributed by atoms with E-state index in [2.05, 4.69) is 25.7 Å². The molecule has 4 rings (SSSR count). The van der Waals surface area contributed by atoms with E-state index >= 15 is 0 Å². The minimum atomic E-state index is -0.562. The summed E-state index contributed by atoms with van der Waals surface area (Å²) in [5, 5.41) is 10.0. The molecule has 0 amide bonds. The Morgan fingerprint density at radius 3 is 2.77 bits per heavy atom. The molecule has 0 aromatic rings. The van der Waals surface area contributed by atoms with Gasteiger partial charge in [0.25, 0.3) is 0 Å². The highest BCUT2D eigenvalue weighted by Crippen LogP contribution is 2.64. The highest BCUT2D eigenvalue weighted by Gasteiger charge is 2.60. The Balaban J connectivity index is 1.62. The second kappa shape index (κ2) is 6.49. The average molecular weight is 360 g/mol. The van der Waals surface area contributed by atoms with Crippen LogP contribution in [0.5, 0.6) is 0 Å². The third-order valence-corrected chi connectivity index (χ3v) is 8.35. The lowest BCUT2D eigenvalue weighted by atomic mass is 9.50. The van der Waals surface area contributed by atoms with Gasteiger partial charge >= 0.3 is 5.97 Å². The molecule has 0 spiro atoms. The van der Waals surface area contributed by atoms with Crippen molar-refractivity contribution < 1.29 is 19.7 Å². The summed E-state index contributed by atoms with van der Waals surface area (Å²) in [5.74, 6) is 2.01. The largest absolute Gasteiger partial charge is 0.462 e. The molecule has 0 heterocycles. The minimum Gasteiger partial charge on any atom is -0.462 e. The predicted molar refractivity (Wildman–Crippen MR) is 99.3 cm³/mol. The third-order valence-electron chi connectivity index (χ3n) is 8.35. The minimum absolute atomic E-state index is 0.0796. The van der Waals surface area contributed by atoms with Crippen molar-refractivity contribution in [2.24, 2.45) is 29.1 Å². The molecule has 4 aliphatic rings. The molecule has 4 nitrogen and oxygen atoms in total. The molecule has 144 valence electrons. The van der Waals surface area contributed by atoms with E-state index in [9.17, 15) is 10.1 Å². The molecule has 0 bridgehead atoms. The second-order valence-electron chi connectivity index (χ2n) is 9.26. The zero-order valence-corrected chi connectivity index (χ0v) is 16.1. The molecule has 0 aromatic carbocycles. The molecule has 0 radical (unpaired) electrons. The number of ether oxygens (including phenoxy) is 1. The standard InChI is InChI=1S/C22H32O4/c1-4-15-6-8-19-18-7-5-16-13-17(25-14(2)23)9-12-22(16,26-24)20(18)10-11-21(15,19)3/h4-5,15,17-20,24H,1,6-13H2,2-3H3. The van der Waals surface area contributed by atoms with Crippen LogP contribution in [0.25, 0.3) is 0 Å². The van der Waals surface area contributed by atoms with Crippen LogP contribution < -0.4 is 0 Å². The van der Waals surface area contributed by atoms with E-state index in [0.717, 1.165) is 31.3 Å². The van der Waals surface area contributed by atoms with E-state index in [-0.39, 0.29) is 12.1 Å². The number of hydrogen-bond donors (Lipinski definition) is 1. The maximum Gasteiger partial charge on any atom is 0.302 e.